The molecule has 1 amide bonds. The summed E-state index contributed by atoms with van der Waals surface area (Å²) in [4.78, 5) is 12.4. The average molecular weight is 295 g/mol. The monoisotopic (exact) mass is 295 g/mol. The zero-order valence-electron chi connectivity index (χ0n) is 13.3. The zero-order chi connectivity index (χ0) is 16.0. The van der Waals surface area contributed by atoms with Gasteiger partial charge in [-0.2, -0.15) is 0 Å². The van der Waals surface area contributed by atoms with Crippen molar-refractivity contribution in [2.24, 2.45) is 5.92 Å². The average Bonchev–Trinajstić information content (AvgIpc) is 2.46. The quantitative estimate of drug-likeness (QED) is 0.806. The number of ether oxygens (including phenoxy) is 2. The Kier molecular flexibility index (Phi) is 6.49. The van der Waals surface area contributed by atoms with Crippen molar-refractivity contribution in [1.29, 1.82) is 0 Å². The normalized spacial score (nSPS) is 13.7. The summed E-state index contributed by atoms with van der Waals surface area (Å²) in [5.74, 6) is 0.947. The molecule has 0 saturated carbocycles. The van der Waals surface area contributed by atoms with Crippen LogP contribution in [0.3, 0.4) is 0 Å². The maximum Gasteiger partial charge on any atom is 0.228 e. The SMILES string of the molecule is COc1ccc(C(C(=O)N[C@@H](C)CO)C(C)C)cc1OC. The van der Waals surface area contributed by atoms with E-state index in [1.807, 2.05) is 26.0 Å². The zero-order valence-corrected chi connectivity index (χ0v) is 13.3. The van der Waals surface area contributed by atoms with E-state index in [0.29, 0.717) is 11.5 Å². The van der Waals surface area contributed by atoms with Crippen LogP contribution < -0.4 is 14.8 Å². The minimum absolute atomic E-state index is 0.0809. The van der Waals surface area contributed by atoms with Gasteiger partial charge in [0.15, 0.2) is 11.5 Å². The second kappa shape index (κ2) is 7.88. The number of carbonyl (C=O) groups is 1. The molecular weight excluding hydrogens is 270 g/mol. The van der Waals surface area contributed by atoms with Gasteiger partial charge in [-0.3, -0.25) is 4.79 Å². The predicted molar refractivity (Wildman–Crippen MR) is 81.8 cm³/mol. The molecule has 0 spiro atoms. The number of aliphatic hydroxyl groups excluding tert-OH is 1. The molecule has 0 fully saturated rings. The molecular formula is C16H25NO4. The Labute approximate surface area is 126 Å². The van der Waals surface area contributed by atoms with Crippen molar-refractivity contribution < 1.29 is 19.4 Å². The van der Waals surface area contributed by atoms with Gasteiger partial charge in [0, 0.05) is 6.04 Å². The minimum Gasteiger partial charge on any atom is -0.493 e. The van der Waals surface area contributed by atoms with E-state index >= 15 is 0 Å². The first-order valence-electron chi connectivity index (χ1n) is 7.07. The lowest BCUT2D eigenvalue weighted by molar-refractivity contribution is -0.124. The molecule has 0 aromatic heterocycles. The Hall–Kier alpha value is -1.75. The van der Waals surface area contributed by atoms with Gasteiger partial charge in [-0.25, -0.2) is 0 Å². The standard InChI is InChI=1S/C16H25NO4/c1-10(2)15(16(19)17-11(3)9-18)12-6-7-13(20-4)14(8-12)21-5/h6-8,10-11,15,18H,9H2,1-5H3,(H,17,19)/t11-,15?/m0/s1. The number of benzene rings is 1. The second-order valence-corrected chi connectivity index (χ2v) is 5.43. The van der Waals surface area contributed by atoms with Gasteiger partial charge in [-0.15, -0.1) is 0 Å². The largest absolute Gasteiger partial charge is 0.493 e. The van der Waals surface area contributed by atoms with Crippen LogP contribution in [0.15, 0.2) is 18.2 Å². The van der Waals surface area contributed by atoms with Crippen molar-refractivity contribution in [3.63, 3.8) is 0 Å². The van der Waals surface area contributed by atoms with E-state index in [2.05, 4.69) is 5.32 Å². The summed E-state index contributed by atoms with van der Waals surface area (Å²) in [7, 11) is 3.15. The third-order valence-corrected chi connectivity index (χ3v) is 3.38. The highest BCUT2D eigenvalue weighted by Gasteiger charge is 2.26. The smallest absolute Gasteiger partial charge is 0.228 e. The van der Waals surface area contributed by atoms with Gasteiger partial charge in [0.25, 0.3) is 0 Å². The molecule has 0 radical (unpaired) electrons. The molecule has 5 heteroatoms. The lowest BCUT2D eigenvalue weighted by atomic mass is 9.87. The van der Waals surface area contributed by atoms with Crippen LogP contribution in [0.1, 0.15) is 32.3 Å². The van der Waals surface area contributed by atoms with Crippen molar-refractivity contribution in [2.45, 2.75) is 32.7 Å². The van der Waals surface area contributed by atoms with Crippen LogP contribution in [-0.2, 0) is 4.79 Å². The van der Waals surface area contributed by atoms with Gasteiger partial charge in [-0.1, -0.05) is 19.9 Å². The fourth-order valence-electron chi connectivity index (χ4n) is 2.26. The lowest BCUT2D eigenvalue weighted by Gasteiger charge is -2.23. The number of carbonyl (C=O) groups excluding carboxylic acids is 1. The molecule has 5 nitrogen and oxygen atoms in total. The number of nitrogens with one attached hydrogen (secondary N) is 1. The Morgan fingerprint density at radius 1 is 1.19 bits per heavy atom. The molecule has 1 aromatic carbocycles. The van der Waals surface area contributed by atoms with Crippen LogP contribution in [0.25, 0.3) is 0 Å². The molecule has 0 heterocycles. The molecule has 1 unspecified atom stereocenters. The third kappa shape index (κ3) is 4.36. The molecule has 0 aliphatic carbocycles. The van der Waals surface area contributed by atoms with E-state index in [-0.39, 0.29) is 30.4 Å². The number of methoxy groups -OCH3 is 2. The van der Waals surface area contributed by atoms with E-state index in [9.17, 15) is 4.79 Å². The highest BCUT2D eigenvalue weighted by Crippen LogP contribution is 2.33. The number of hydrogen-bond acceptors (Lipinski definition) is 4. The summed E-state index contributed by atoms with van der Waals surface area (Å²) in [5.41, 5.74) is 0.866. The third-order valence-electron chi connectivity index (χ3n) is 3.38. The fraction of sp³-hybridized carbons (Fsp3) is 0.562. The van der Waals surface area contributed by atoms with Crippen molar-refractivity contribution in [3.05, 3.63) is 23.8 Å². The van der Waals surface area contributed by atoms with Gasteiger partial charge in [0.05, 0.1) is 26.7 Å². The first kappa shape index (κ1) is 17.3. The number of rotatable bonds is 7. The molecule has 0 saturated heterocycles. The van der Waals surface area contributed by atoms with Crippen LogP contribution in [0.5, 0.6) is 11.5 Å². The summed E-state index contributed by atoms with van der Waals surface area (Å²) < 4.78 is 10.5. The summed E-state index contributed by atoms with van der Waals surface area (Å²) in [5, 5.41) is 11.9. The minimum atomic E-state index is -0.307. The van der Waals surface area contributed by atoms with Crippen molar-refractivity contribution in [3.8, 4) is 11.5 Å². The van der Waals surface area contributed by atoms with Crippen LogP contribution in [0.4, 0.5) is 0 Å². The predicted octanol–water partition coefficient (Wildman–Crippen LogP) is 1.94. The highest BCUT2D eigenvalue weighted by atomic mass is 16.5. The fourth-order valence-corrected chi connectivity index (χ4v) is 2.26. The van der Waals surface area contributed by atoms with Crippen molar-refractivity contribution in [2.75, 3.05) is 20.8 Å². The highest BCUT2D eigenvalue weighted by molar-refractivity contribution is 5.84. The van der Waals surface area contributed by atoms with E-state index < -0.39 is 0 Å². The summed E-state index contributed by atoms with van der Waals surface area (Å²) in [6, 6.07) is 5.23. The van der Waals surface area contributed by atoms with Crippen molar-refractivity contribution in [1.82, 2.24) is 5.32 Å². The van der Waals surface area contributed by atoms with E-state index in [1.54, 1.807) is 27.2 Å². The maximum absolute atomic E-state index is 12.4. The van der Waals surface area contributed by atoms with E-state index in [4.69, 9.17) is 14.6 Å². The topological polar surface area (TPSA) is 67.8 Å². The molecule has 21 heavy (non-hydrogen) atoms. The van der Waals surface area contributed by atoms with Gasteiger partial charge >= 0.3 is 0 Å². The Balaban J connectivity index is 3.08. The number of amides is 1. The molecule has 0 aliphatic heterocycles. The van der Waals surface area contributed by atoms with Gasteiger partial charge in [0.1, 0.15) is 0 Å². The Morgan fingerprint density at radius 3 is 2.29 bits per heavy atom. The molecule has 2 N–H and O–H groups in total. The molecule has 118 valence electrons. The van der Waals surface area contributed by atoms with Crippen molar-refractivity contribution >= 4 is 5.91 Å². The Morgan fingerprint density at radius 2 is 1.81 bits per heavy atom. The lowest BCUT2D eigenvalue weighted by Crippen LogP contribution is -2.39. The second-order valence-electron chi connectivity index (χ2n) is 5.43. The number of hydrogen-bond donors (Lipinski definition) is 2. The van der Waals surface area contributed by atoms with Crippen LogP contribution in [0, 0.1) is 5.92 Å². The summed E-state index contributed by atoms with van der Waals surface area (Å²) in [6.07, 6.45) is 0. The van der Waals surface area contributed by atoms with Crippen LogP contribution >= 0.6 is 0 Å². The van der Waals surface area contributed by atoms with E-state index in [1.165, 1.54) is 0 Å². The Bertz CT molecular complexity index is 473. The number of aliphatic hydroxyl groups is 1. The molecule has 1 aromatic rings. The molecule has 0 bridgehead atoms. The van der Waals surface area contributed by atoms with Crippen LogP contribution in [0.2, 0.25) is 0 Å². The summed E-state index contributed by atoms with van der Waals surface area (Å²) >= 11 is 0. The van der Waals surface area contributed by atoms with Gasteiger partial charge < -0.3 is 19.9 Å². The van der Waals surface area contributed by atoms with E-state index in [0.717, 1.165) is 5.56 Å². The first-order valence-corrected chi connectivity index (χ1v) is 7.07. The maximum atomic E-state index is 12.4. The molecule has 1 rings (SSSR count). The summed E-state index contributed by atoms with van der Waals surface area (Å²) in [6.45, 7) is 5.67. The van der Waals surface area contributed by atoms with Crippen LogP contribution in [-0.4, -0.2) is 37.9 Å². The molecule has 0 aliphatic rings. The molecule has 2 atom stereocenters. The first-order chi connectivity index (χ1) is 9.94. The van der Waals surface area contributed by atoms with Gasteiger partial charge in [0.2, 0.25) is 5.91 Å². The van der Waals surface area contributed by atoms with Gasteiger partial charge in [-0.05, 0) is 30.5 Å².